The molecule has 0 atom stereocenters. The molecule has 110 valence electrons. The monoisotopic (exact) mass is 283 g/mol. The second-order valence-corrected chi connectivity index (χ2v) is 5.45. The molecule has 2 aromatic rings. The third-order valence-corrected chi connectivity index (χ3v) is 3.95. The minimum absolute atomic E-state index is 0.0909. The van der Waals surface area contributed by atoms with Gasteiger partial charge in [-0.1, -0.05) is 18.2 Å². The van der Waals surface area contributed by atoms with Crippen molar-refractivity contribution < 1.29 is 5.11 Å². The van der Waals surface area contributed by atoms with Gasteiger partial charge in [-0.05, 0) is 42.7 Å². The maximum Gasteiger partial charge on any atom is 0.128 e. The van der Waals surface area contributed by atoms with Crippen LogP contribution in [0.15, 0.2) is 48.7 Å². The first-order valence-electron chi connectivity index (χ1n) is 7.47. The smallest absolute Gasteiger partial charge is 0.128 e. The zero-order valence-electron chi connectivity index (χ0n) is 12.1. The van der Waals surface area contributed by atoms with Crippen LogP contribution in [0.4, 0.5) is 11.5 Å². The van der Waals surface area contributed by atoms with Crippen LogP contribution in [0, 0.1) is 0 Å². The second-order valence-electron chi connectivity index (χ2n) is 5.45. The quantitative estimate of drug-likeness (QED) is 0.905. The SMILES string of the molecule is OCc1cccc(NC2CCN(c3ccccn3)CC2)c1. The number of piperidine rings is 1. The molecule has 3 rings (SSSR count). The molecule has 1 aromatic heterocycles. The van der Waals surface area contributed by atoms with Crippen LogP contribution in [-0.4, -0.2) is 29.2 Å². The van der Waals surface area contributed by atoms with E-state index >= 15 is 0 Å². The van der Waals surface area contributed by atoms with Gasteiger partial charge in [0.1, 0.15) is 5.82 Å². The Balaban J connectivity index is 1.56. The second kappa shape index (κ2) is 6.59. The van der Waals surface area contributed by atoms with Crippen molar-refractivity contribution >= 4 is 11.5 Å². The fourth-order valence-electron chi connectivity index (χ4n) is 2.79. The summed E-state index contributed by atoms with van der Waals surface area (Å²) >= 11 is 0. The van der Waals surface area contributed by atoms with Gasteiger partial charge in [0.25, 0.3) is 0 Å². The van der Waals surface area contributed by atoms with Crippen molar-refractivity contribution in [3.05, 3.63) is 54.2 Å². The Morgan fingerprint density at radius 1 is 1.14 bits per heavy atom. The predicted octanol–water partition coefficient (Wildman–Crippen LogP) is 2.65. The van der Waals surface area contributed by atoms with Crippen LogP contribution in [0.1, 0.15) is 18.4 Å². The zero-order chi connectivity index (χ0) is 14.5. The van der Waals surface area contributed by atoms with Gasteiger partial charge in [0, 0.05) is 31.0 Å². The molecule has 2 heterocycles. The summed E-state index contributed by atoms with van der Waals surface area (Å²) < 4.78 is 0. The number of pyridine rings is 1. The van der Waals surface area contributed by atoms with Crippen molar-refractivity contribution in [3.8, 4) is 0 Å². The standard InChI is InChI=1S/C17H21N3O/c21-13-14-4-3-5-16(12-14)19-15-7-10-20(11-8-15)17-6-1-2-9-18-17/h1-6,9,12,15,19,21H,7-8,10-11,13H2. The minimum Gasteiger partial charge on any atom is -0.392 e. The molecule has 4 heteroatoms. The third-order valence-electron chi connectivity index (χ3n) is 3.95. The van der Waals surface area contributed by atoms with E-state index in [2.05, 4.69) is 27.3 Å². The summed E-state index contributed by atoms with van der Waals surface area (Å²) in [6.07, 6.45) is 4.04. The molecule has 0 saturated carbocycles. The first-order valence-corrected chi connectivity index (χ1v) is 7.47. The van der Waals surface area contributed by atoms with Crippen LogP contribution < -0.4 is 10.2 Å². The first-order chi connectivity index (χ1) is 10.3. The van der Waals surface area contributed by atoms with Crippen molar-refractivity contribution in [2.45, 2.75) is 25.5 Å². The lowest BCUT2D eigenvalue weighted by atomic mass is 10.0. The first kappa shape index (κ1) is 13.9. The van der Waals surface area contributed by atoms with Crippen molar-refractivity contribution in [1.82, 2.24) is 4.98 Å². The summed E-state index contributed by atoms with van der Waals surface area (Å²) in [7, 11) is 0. The van der Waals surface area contributed by atoms with Crippen LogP contribution in [0.3, 0.4) is 0 Å². The number of benzene rings is 1. The minimum atomic E-state index is 0.0909. The largest absolute Gasteiger partial charge is 0.392 e. The maximum atomic E-state index is 9.19. The lowest BCUT2D eigenvalue weighted by molar-refractivity contribution is 0.282. The summed E-state index contributed by atoms with van der Waals surface area (Å²) in [6, 6.07) is 14.5. The fraction of sp³-hybridized carbons (Fsp3) is 0.353. The van der Waals surface area contributed by atoms with E-state index in [4.69, 9.17) is 0 Å². The topological polar surface area (TPSA) is 48.4 Å². The molecule has 1 aliphatic heterocycles. The molecule has 0 amide bonds. The van der Waals surface area contributed by atoms with E-state index in [0.717, 1.165) is 43.0 Å². The molecule has 0 spiro atoms. The summed E-state index contributed by atoms with van der Waals surface area (Å²) in [5.74, 6) is 1.07. The number of nitrogens with one attached hydrogen (secondary N) is 1. The highest BCUT2D eigenvalue weighted by molar-refractivity contribution is 5.47. The van der Waals surface area contributed by atoms with Crippen LogP contribution in [0.2, 0.25) is 0 Å². The van der Waals surface area contributed by atoms with Crippen molar-refractivity contribution in [1.29, 1.82) is 0 Å². The highest BCUT2D eigenvalue weighted by atomic mass is 16.3. The van der Waals surface area contributed by atoms with E-state index in [1.807, 2.05) is 36.5 Å². The number of hydrogen-bond donors (Lipinski definition) is 2. The molecule has 1 fully saturated rings. The van der Waals surface area contributed by atoms with E-state index in [0.29, 0.717) is 6.04 Å². The van der Waals surface area contributed by atoms with Gasteiger partial charge in [-0.2, -0.15) is 0 Å². The van der Waals surface area contributed by atoms with Crippen molar-refractivity contribution in [2.24, 2.45) is 0 Å². The van der Waals surface area contributed by atoms with Crippen LogP contribution in [-0.2, 0) is 6.61 Å². The molecule has 21 heavy (non-hydrogen) atoms. The van der Waals surface area contributed by atoms with Gasteiger partial charge in [0.2, 0.25) is 0 Å². The fourth-order valence-corrected chi connectivity index (χ4v) is 2.79. The Kier molecular flexibility index (Phi) is 4.36. The van der Waals surface area contributed by atoms with Gasteiger partial charge in [0.05, 0.1) is 6.61 Å². The number of nitrogens with zero attached hydrogens (tertiary/aromatic N) is 2. The number of anilines is 2. The van der Waals surface area contributed by atoms with Crippen LogP contribution in [0.5, 0.6) is 0 Å². The lowest BCUT2D eigenvalue weighted by Crippen LogP contribution is -2.39. The predicted molar refractivity (Wildman–Crippen MR) is 85.5 cm³/mol. The van der Waals surface area contributed by atoms with Gasteiger partial charge < -0.3 is 15.3 Å². The van der Waals surface area contributed by atoms with E-state index in [-0.39, 0.29) is 6.61 Å². The van der Waals surface area contributed by atoms with Gasteiger partial charge in [0.15, 0.2) is 0 Å². The molecular weight excluding hydrogens is 262 g/mol. The van der Waals surface area contributed by atoms with E-state index < -0.39 is 0 Å². The molecule has 0 bridgehead atoms. The van der Waals surface area contributed by atoms with Crippen LogP contribution in [0.25, 0.3) is 0 Å². The maximum absolute atomic E-state index is 9.19. The Morgan fingerprint density at radius 2 is 2.00 bits per heavy atom. The highest BCUT2D eigenvalue weighted by Crippen LogP contribution is 2.20. The number of rotatable bonds is 4. The molecular formula is C17H21N3O. The molecule has 1 aromatic carbocycles. The molecule has 4 nitrogen and oxygen atoms in total. The van der Waals surface area contributed by atoms with Crippen molar-refractivity contribution in [2.75, 3.05) is 23.3 Å². The molecule has 1 saturated heterocycles. The summed E-state index contributed by atoms with van der Waals surface area (Å²) in [5.41, 5.74) is 2.05. The summed E-state index contributed by atoms with van der Waals surface area (Å²) in [4.78, 5) is 6.75. The Hall–Kier alpha value is -2.07. The molecule has 1 aliphatic rings. The Bertz CT molecular complexity index is 565. The highest BCUT2D eigenvalue weighted by Gasteiger charge is 2.19. The molecule has 0 unspecified atom stereocenters. The Labute approximate surface area is 125 Å². The van der Waals surface area contributed by atoms with Gasteiger partial charge >= 0.3 is 0 Å². The van der Waals surface area contributed by atoms with Gasteiger partial charge in [-0.3, -0.25) is 0 Å². The van der Waals surface area contributed by atoms with E-state index in [1.165, 1.54) is 0 Å². The normalized spacial score (nSPS) is 16.0. The third kappa shape index (κ3) is 3.52. The number of aromatic nitrogens is 1. The lowest BCUT2D eigenvalue weighted by Gasteiger charge is -2.33. The van der Waals surface area contributed by atoms with E-state index in [9.17, 15) is 5.11 Å². The molecule has 0 radical (unpaired) electrons. The average molecular weight is 283 g/mol. The Morgan fingerprint density at radius 3 is 2.71 bits per heavy atom. The van der Waals surface area contributed by atoms with Crippen LogP contribution >= 0.6 is 0 Å². The number of aliphatic hydroxyl groups is 1. The number of hydrogen-bond acceptors (Lipinski definition) is 4. The summed E-state index contributed by atoms with van der Waals surface area (Å²) in [5, 5.41) is 12.8. The zero-order valence-corrected chi connectivity index (χ0v) is 12.1. The molecule has 2 N–H and O–H groups in total. The summed E-state index contributed by atoms with van der Waals surface area (Å²) in [6.45, 7) is 2.14. The number of aliphatic hydroxyl groups excluding tert-OH is 1. The molecule has 0 aliphatic carbocycles. The van der Waals surface area contributed by atoms with E-state index in [1.54, 1.807) is 0 Å². The van der Waals surface area contributed by atoms with Gasteiger partial charge in [-0.15, -0.1) is 0 Å². The average Bonchev–Trinajstić information content (AvgIpc) is 2.56. The van der Waals surface area contributed by atoms with Crippen molar-refractivity contribution in [3.63, 3.8) is 0 Å². The van der Waals surface area contributed by atoms with Gasteiger partial charge in [-0.25, -0.2) is 4.98 Å².